The van der Waals surface area contributed by atoms with Crippen molar-refractivity contribution in [3.63, 3.8) is 0 Å². The zero-order valence-corrected chi connectivity index (χ0v) is 10.9. The van der Waals surface area contributed by atoms with E-state index >= 15 is 0 Å². The van der Waals surface area contributed by atoms with Crippen molar-refractivity contribution < 1.29 is 44.6 Å². The maximum atomic E-state index is 10.5. The van der Waals surface area contributed by atoms with E-state index < -0.39 is 17.7 Å². The van der Waals surface area contributed by atoms with Crippen LogP contribution in [0.2, 0.25) is 0 Å². The van der Waals surface area contributed by atoms with Crippen LogP contribution in [0.3, 0.4) is 0 Å². The second-order valence-corrected chi connectivity index (χ2v) is 3.75. The third kappa shape index (κ3) is 5.65. The van der Waals surface area contributed by atoms with E-state index in [-0.39, 0.29) is 35.5 Å². The summed E-state index contributed by atoms with van der Waals surface area (Å²) in [5, 5.41) is 22.4. The van der Waals surface area contributed by atoms with Gasteiger partial charge in [0, 0.05) is 0 Å². The summed E-state index contributed by atoms with van der Waals surface area (Å²) in [6.45, 7) is 6.49. The first-order chi connectivity index (χ1) is 5.27. The zero-order chi connectivity index (χ0) is 9.94. The molecule has 0 aromatic carbocycles. The van der Waals surface area contributed by atoms with Crippen molar-refractivity contribution >= 4 is 5.97 Å². The van der Waals surface area contributed by atoms with E-state index in [4.69, 9.17) is 0 Å². The summed E-state index contributed by atoms with van der Waals surface area (Å²) in [6, 6.07) is 0. The Morgan fingerprint density at radius 2 is 1.85 bits per heavy atom. The SMILES string of the molecule is CC(C)C(O)NC(C)(C)C(=O)[O-].[Na+]. The van der Waals surface area contributed by atoms with Crippen LogP contribution in [-0.4, -0.2) is 22.8 Å². The Labute approximate surface area is 101 Å². The molecule has 0 aromatic heterocycles. The first-order valence-electron chi connectivity index (χ1n) is 3.94. The predicted octanol–water partition coefficient (Wildman–Crippen LogP) is -3.92. The molecule has 2 N–H and O–H groups in total. The first-order valence-corrected chi connectivity index (χ1v) is 3.94. The van der Waals surface area contributed by atoms with Gasteiger partial charge in [-0.05, 0) is 19.8 Å². The van der Waals surface area contributed by atoms with E-state index in [2.05, 4.69) is 5.32 Å². The average Bonchev–Trinajstić information content (AvgIpc) is 1.85. The fourth-order valence-corrected chi connectivity index (χ4v) is 0.595. The van der Waals surface area contributed by atoms with Gasteiger partial charge in [0.2, 0.25) is 0 Å². The van der Waals surface area contributed by atoms with Gasteiger partial charge in [0.25, 0.3) is 0 Å². The Bertz CT molecular complexity index is 171. The molecule has 0 radical (unpaired) electrons. The van der Waals surface area contributed by atoms with Crippen LogP contribution >= 0.6 is 0 Å². The molecule has 0 aliphatic heterocycles. The molecule has 0 aliphatic rings. The van der Waals surface area contributed by atoms with Crippen LogP contribution < -0.4 is 40.0 Å². The van der Waals surface area contributed by atoms with Crippen LogP contribution in [0.1, 0.15) is 27.7 Å². The summed E-state index contributed by atoms with van der Waals surface area (Å²) in [7, 11) is 0. The van der Waals surface area contributed by atoms with Crippen LogP contribution in [0.5, 0.6) is 0 Å². The Balaban J connectivity index is 0. The number of nitrogens with one attached hydrogen (secondary N) is 1. The quantitative estimate of drug-likeness (QED) is 0.357. The number of carbonyl (C=O) groups excluding carboxylic acids is 1. The summed E-state index contributed by atoms with van der Waals surface area (Å²) in [6.07, 6.45) is -0.821. The molecule has 0 saturated carbocycles. The minimum absolute atomic E-state index is 0. The molecule has 0 rings (SSSR count). The number of carboxylic acid groups (broad SMARTS) is 1. The summed E-state index contributed by atoms with van der Waals surface area (Å²) in [5.74, 6) is -1.24. The number of carbonyl (C=O) groups is 1. The van der Waals surface area contributed by atoms with Crippen LogP contribution in [0.4, 0.5) is 0 Å². The summed E-state index contributed by atoms with van der Waals surface area (Å²) >= 11 is 0. The fraction of sp³-hybridized carbons (Fsp3) is 0.875. The zero-order valence-electron chi connectivity index (χ0n) is 8.92. The number of hydrogen-bond acceptors (Lipinski definition) is 4. The first kappa shape index (κ1) is 15.8. The standard InChI is InChI=1S/C8H17NO3.Na/c1-5(2)6(10)9-8(3,4)7(11)12;/h5-6,9-10H,1-4H3,(H,11,12);/q;+1/p-1. The molecule has 0 heterocycles. The summed E-state index contributed by atoms with van der Waals surface area (Å²) in [5.41, 5.74) is -1.19. The van der Waals surface area contributed by atoms with E-state index in [0.717, 1.165) is 0 Å². The maximum absolute atomic E-state index is 10.5. The van der Waals surface area contributed by atoms with Crippen molar-refractivity contribution in [1.29, 1.82) is 0 Å². The second-order valence-electron chi connectivity index (χ2n) is 3.75. The van der Waals surface area contributed by atoms with Gasteiger partial charge < -0.3 is 15.0 Å². The fourth-order valence-electron chi connectivity index (χ4n) is 0.595. The van der Waals surface area contributed by atoms with Crippen molar-refractivity contribution in [2.45, 2.75) is 39.5 Å². The second kappa shape index (κ2) is 5.98. The molecule has 0 aliphatic carbocycles. The number of aliphatic carboxylic acids is 1. The summed E-state index contributed by atoms with van der Waals surface area (Å²) < 4.78 is 0. The normalized spacial score (nSPS) is 13.7. The molecule has 1 atom stereocenters. The molecule has 72 valence electrons. The van der Waals surface area contributed by atoms with Gasteiger partial charge in [0.1, 0.15) is 6.23 Å². The van der Waals surface area contributed by atoms with Crippen LogP contribution in [0, 0.1) is 5.92 Å². The molecular formula is C8H16NNaO3. The smallest absolute Gasteiger partial charge is 0.548 e. The maximum Gasteiger partial charge on any atom is 1.00 e. The Morgan fingerprint density at radius 3 is 2.08 bits per heavy atom. The van der Waals surface area contributed by atoms with Gasteiger partial charge in [0.15, 0.2) is 0 Å². The monoisotopic (exact) mass is 197 g/mol. The predicted molar refractivity (Wildman–Crippen MR) is 43.1 cm³/mol. The largest absolute Gasteiger partial charge is 1.00 e. The molecule has 4 nitrogen and oxygen atoms in total. The van der Waals surface area contributed by atoms with Crippen LogP contribution in [-0.2, 0) is 4.79 Å². The van der Waals surface area contributed by atoms with Crippen molar-refractivity contribution in [2.24, 2.45) is 5.92 Å². The van der Waals surface area contributed by atoms with Gasteiger partial charge in [-0.1, -0.05) is 13.8 Å². The van der Waals surface area contributed by atoms with Crippen molar-refractivity contribution in [1.82, 2.24) is 5.32 Å². The van der Waals surface area contributed by atoms with Gasteiger partial charge in [-0.3, -0.25) is 5.32 Å². The van der Waals surface area contributed by atoms with Crippen molar-refractivity contribution in [3.8, 4) is 0 Å². The molecule has 0 fully saturated rings. The number of rotatable bonds is 4. The Kier molecular flexibility index (Phi) is 7.29. The number of hydrogen-bond donors (Lipinski definition) is 2. The minimum Gasteiger partial charge on any atom is -0.548 e. The number of carboxylic acids is 1. The van der Waals surface area contributed by atoms with Crippen molar-refractivity contribution in [2.75, 3.05) is 0 Å². The molecule has 1 unspecified atom stereocenters. The van der Waals surface area contributed by atoms with Crippen LogP contribution in [0.25, 0.3) is 0 Å². The Hall–Kier alpha value is 0.390. The van der Waals surface area contributed by atoms with Gasteiger partial charge in [-0.2, -0.15) is 0 Å². The van der Waals surface area contributed by atoms with Gasteiger partial charge in [-0.15, -0.1) is 0 Å². The van der Waals surface area contributed by atoms with E-state index in [1.807, 2.05) is 0 Å². The van der Waals surface area contributed by atoms with Gasteiger partial charge in [0.05, 0.1) is 11.5 Å². The van der Waals surface area contributed by atoms with Crippen LogP contribution in [0.15, 0.2) is 0 Å². The Morgan fingerprint density at radius 1 is 1.46 bits per heavy atom. The van der Waals surface area contributed by atoms with Crippen molar-refractivity contribution in [3.05, 3.63) is 0 Å². The van der Waals surface area contributed by atoms with Gasteiger partial charge in [-0.25, -0.2) is 0 Å². The van der Waals surface area contributed by atoms with E-state index in [9.17, 15) is 15.0 Å². The molecular weight excluding hydrogens is 181 g/mol. The minimum atomic E-state index is -1.22. The molecule has 0 spiro atoms. The summed E-state index contributed by atoms with van der Waals surface area (Å²) in [4.78, 5) is 10.5. The molecule has 13 heavy (non-hydrogen) atoms. The molecule has 0 amide bonds. The molecule has 5 heteroatoms. The third-order valence-electron chi connectivity index (χ3n) is 1.65. The van der Waals surface area contributed by atoms with E-state index in [1.54, 1.807) is 13.8 Å². The molecule has 0 saturated heterocycles. The number of aliphatic hydroxyl groups excluding tert-OH is 1. The average molecular weight is 197 g/mol. The van der Waals surface area contributed by atoms with E-state index in [1.165, 1.54) is 13.8 Å². The number of aliphatic hydroxyl groups is 1. The van der Waals surface area contributed by atoms with E-state index in [0.29, 0.717) is 0 Å². The third-order valence-corrected chi connectivity index (χ3v) is 1.65. The topological polar surface area (TPSA) is 72.4 Å². The molecule has 0 bridgehead atoms. The molecule has 0 aromatic rings. The van der Waals surface area contributed by atoms with Gasteiger partial charge >= 0.3 is 29.6 Å².